The molecule has 0 aromatic heterocycles. The van der Waals surface area contributed by atoms with Gasteiger partial charge < -0.3 is 10.2 Å². The number of carbonyl (C=O) groups excluding carboxylic acids is 2. The highest BCUT2D eigenvalue weighted by Crippen LogP contribution is 2.22. The number of benzene rings is 2. The van der Waals surface area contributed by atoms with Crippen molar-refractivity contribution in [3.63, 3.8) is 0 Å². The van der Waals surface area contributed by atoms with Crippen LogP contribution >= 0.6 is 0 Å². The van der Waals surface area contributed by atoms with Crippen molar-refractivity contribution in [3.05, 3.63) is 77.4 Å². The zero-order valence-electron chi connectivity index (χ0n) is 19.7. The van der Waals surface area contributed by atoms with E-state index in [-0.39, 0.29) is 17.2 Å². The minimum atomic E-state index is -0.547. The van der Waals surface area contributed by atoms with Crippen LogP contribution in [0.1, 0.15) is 49.2 Å². The molecule has 32 heavy (non-hydrogen) atoms. The molecule has 1 atom stereocenters. The van der Waals surface area contributed by atoms with E-state index in [0.717, 1.165) is 19.6 Å². The number of amides is 2. The molecule has 0 bridgehead atoms. The summed E-state index contributed by atoms with van der Waals surface area (Å²) >= 11 is 0. The summed E-state index contributed by atoms with van der Waals surface area (Å²) in [5.74, 6) is -0.236. The molecule has 1 aliphatic rings. The highest BCUT2D eigenvalue weighted by Gasteiger charge is 2.26. The Morgan fingerprint density at radius 1 is 0.969 bits per heavy atom. The zero-order chi connectivity index (χ0) is 23.1. The molecule has 1 saturated heterocycles. The van der Waals surface area contributed by atoms with E-state index in [4.69, 9.17) is 0 Å². The lowest BCUT2D eigenvalue weighted by Crippen LogP contribution is -2.54. The minimum absolute atomic E-state index is 0.0239. The van der Waals surface area contributed by atoms with Gasteiger partial charge in [-0.25, -0.2) is 0 Å². The van der Waals surface area contributed by atoms with Crippen LogP contribution in [-0.4, -0.2) is 60.4 Å². The van der Waals surface area contributed by atoms with Crippen LogP contribution in [0.2, 0.25) is 0 Å². The Hall–Kier alpha value is -2.92. The molecule has 2 aromatic carbocycles. The molecule has 1 N–H and O–H groups in total. The average Bonchev–Trinajstić information content (AvgIpc) is 2.79. The fraction of sp³-hybridized carbons (Fsp3) is 0.407. The van der Waals surface area contributed by atoms with Gasteiger partial charge in [0, 0.05) is 38.3 Å². The van der Waals surface area contributed by atoms with Gasteiger partial charge in [0.1, 0.15) is 6.04 Å². The Morgan fingerprint density at radius 2 is 1.59 bits per heavy atom. The SMILES string of the molecule is C[C@H](NC(=O)c1ccc(C(C)(C)C)cc1)C(=O)N1CCN(C/C=C/c2ccccc2)CC1. The summed E-state index contributed by atoms with van der Waals surface area (Å²) in [6, 6.07) is 17.3. The summed E-state index contributed by atoms with van der Waals surface area (Å²) < 4.78 is 0. The fourth-order valence-electron chi connectivity index (χ4n) is 3.79. The van der Waals surface area contributed by atoms with Crippen molar-refractivity contribution in [3.8, 4) is 0 Å². The van der Waals surface area contributed by atoms with Gasteiger partial charge in [-0.2, -0.15) is 0 Å². The maximum absolute atomic E-state index is 12.8. The predicted octanol–water partition coefficient (Wildman–Crippen LogP) is 3.96. The first-order valence-corrected chi connectivity index (χ1v) is 11.4. The Labute approximate surface area is 192 Å². The van der Waals surface area contributed by atoms with Crippen LogP contribution in [0.4, 0.5) is 0 Å². The summed E-state index contributed by atoms with van der Waals surface area (Å²) in [4.78, 5) is 29.6. The van der Waals surface area contributed by atoms with E-state index in [0.29, 0.717) is 18.7 Å². The van der Waals surface area contributed by atoms with Crippen molar-refractivity contribution in [2.75, 3.05) is 32.7 Å². The molecule has 170 valence electrons. The molecule has 3 rings (SSSR count). The fourth-order valence-corrected chi connectivity index (χ4v) is 3.79. The monoisotopic (exact) mass is 433 g/mol. The Morgan fingerprint density at radius 3 is 2.19 bits per heavy atom. The predicted molar refractivity (Wildman–Crippen MR) is 131 cm³/mol. The van der Waals surface area contributed by atoms with E-state index in [1.807, 2.05) is 47.4 Å². The van der Waals surface area contributed by atoms with Gasteiger partial charge in [0.25, 0.3) is 5.91 Å². The number of rotatable bonds is 6. The maximum Gasteiger partial charge on any atom is 0.251 e. The van der Waals surface area contributed by atoms with Crippen molar-refractivity contribution in [1.82, 2.24) is 15.1 Å². The van der Waals surface area contributed by atoms with Crippen LogP contribution in [0.3, 0.4) is 0 Å². The third-order valence-electron chi connectivity index (χ3n) is 5.89. The molecule has 1 aliphatic heterocycles. The number of piperazine rings is 1. The second-order valence-corrected chi connectivity index (χ2v) is 9.46. The number of carbonyl (C=O) groups is 2. The molecular formula is C27H35N3O2. The molecule has 5 nitrogen and oxygen atoms in total. The summed E-state index contributed by atoms with van der Waals surface area (Å²) in [5.41, 5.74) is 2.99. The molecule has 0 aliphatic carbocycles. The van der Waals surface area contributed by atoms with Gasteiger partial charge in [0.05, 0.1) is 0 Å². The second-order valence-electron chi connectivity index (χ2n) is 9.46. The largest absolute Gasteiger partial charge is 0.341 e. The highest BCUT2D eigenvalue weighted by molar-refractivity contribution is 5.97. The molecule has 0 radical (unpaired) electrons. The minimum Gasteiger partial charge on any atom is -0.341 e. The topological polar surface area (TPSA) is 52.7 Å². The molecule has 0 spiro atoms. The first-order valence-electron chi connectivity index (χ1n) is 11.4. The molecule has 1 fully saturated rings. The van der Waals surface area contributed by atoms with Gasteiger partial charge in [0.2, 0.25) is 5.91 Å². The lowest BCUT2D eigenvalue weighted by atomic mass is 9.86. The van der Waals surface area contributed by atoms with Crippen molar-refractivity contribution in [1.29, 1.82) is 0 Å². The van der Waals surface area contributed by atoms with Crippen molar-refractivity contribution < 1.29 is 9.59 Å². The molecule has 5 heteroatoms. The number of nitrogens with zero attached hydrogens (tertiary/aromatic N) is 2. The van der Waals surface area contributed by atoms with E-state index in [2.05, 4.69) is 55.3 Å². The second kappa shape index (κ2) is 10.6. The van der Waals surface area contributed by atoms with Crippen LogP contribution in [0.5, 0.6) is 0 Å². The normalized spacial score (nSPS) is 16.2. The quantitative estimate of drug-likeness (QED) is 0.750. The Kier molecular flexibility index (Phi) is 7.86. The van der Waals surface area contributed by atoms with Gasteiger partial charge in [-0.3, -0.25) is 14.5 Å². The first-order chi connectivity index (χ1) is 15.2. The van der Waals surface area contributed by atoms with Gasteiger partial charge in [-0.05, 0) is 35.6 Å². The van der Waals surface area contributed by atoms with Gasteiger partial charge in [-0.15, -0.1) is 0 Å². The van der Waals surface area contributed by atoms with Gasteiger partial charge in [-0.1, -0.05) is 75.4 Å². The van der Waals surface area contributed by atoms with E-state index >= 15 is 0 Å². The third-order valence-corrected chi connectivity index (χ3v) is 5.89. The Balaban J connectivity index is 1.45. The van der Waals surface area contributed by atoms with E-state index in [1.54, 1.807) is 6.92 Å². The van der Waals surface area contributed by atoms with Crippen LogP contribution in [-0.2, 0) is 10.2 Å². The maximum atomic E-state index is 12.8. The van der Waals surface area contributed by atoms with E-state index in [9.17, 15) is 9.59 Å². The molecule has 2 amide bonds. The zero-order valence-corrected chi connectivity index (χ0v) is 19.7. The average molecular weight is 434 g/mol. The molecule has 2 aromatic rings. The van der Waals surface area contributed by atoms with Crippen LogP contribution in [0.15, 0.2) is 60.7 Å². The van der Waals surface area contributed by atoms with Gasteiger partial charge in [0.15, 0.2) is 0 Å². The van der Waals surface area contributed by atoms with Crippen LogP contribution in [0, 0.1) is 0 Å². The third kappa shape index (κ3) is 6.54. The van der Waals surface area contributed by atoms with Crippen LogP contribution in [0.25, 0.3) is 6.08 Å². The standard InChI is InChI=1S/C27H35N3O2/c1-21(28-25(31)23-12-14-24(15-13-23)27(2,3)4)26(32)30-19-17-29(18-20-30)16-8-11-22-9-6-5-7-10-22/h5-15,21H,16-20H2,1-4H3,(H,28,31)/b11-8+/t21-/m0/s1. The first kappa shape index (κ1) is 23.7. The lowest BCUT2D eigenvalue weighted by molar-refractivity contribution is -0.134. The van der Waals surface area contributed by atoms with E-state index in [1.165, 1.54) is 11.1 Å². The molecule has 0 saturated carbocycles. The summed E-state index contributed by atoms with van der Waals surface area (Å²) in [6.45, 7) is 12.1. The Bertz CT molecular complexity index is 922. The van der Waals surface area contributed by atoms with Crippen molar-refractivity contribution >= 4 is 17.9 Å². The molecule has 1 heterocycles. The number of nitrogens with one attached hydrogen (secondary N) is 1. The summed E-state index contributed by atoms with van der Waals surface area (Å²) in [5, 5.41) is 2.86. The molecular weight excluding hydrogens is 398 g/mol. The van der Waals surface area contributed by atoms with E-state index < -0.39 is 6.04 Å². The number of hydrogen-bond donors (Lipinski definition) is 1. The van der Waals surface area contributed by atoms with Crippen molar-refractivity contribution in [2.24, 2.45) is 0 Å². The lowest BCUT2D eigenvalue weighted by Gasteiger charge is -2.35. The number of hydrogen-bond acceptors (Lipinski definition) is 3. The van der Waals surface area contributed by atoms with Crippen LogP contribution < -0.4 is 5.32 Å². The van der Waals surface area contributed by atoms with Gasteiger partial charge >= 0.3 is 0 Å². The summed E-state index contributed by atoms with van der Waals surface area (Å²) in [6.07, 6.45) is 4.30. The smallest absolute Gasteiger partial charge is 0.251 e. The summed E-state index contributed by atoms with van der Waals surface area (Å²) in [7, 11) is 0. The molecule has 0 unspecified atom stereocenters. The van der Waals surface area contributed by atoms with Crippen molar-refractivity contribution in [2.45, 2.75) is 39.2 Å². The highest BCUT2D eigenvalue weighted by atomic mass is 16.2.